The lowest BCUT2D eigenvalue weighted by Gasteiger charge is -2.12. The van der Waals surface area contributed by atoms with Gasteiger partial charge in [-0.3, -0.25) is 4.79 Å². The first-order valence-electron chi connectivity index (χ1n) is 6.27. The zero-order chi connectivity index (χ0) is 13.8. The fourth-order valence-electron chi connectivity index (χ4n) is 2.07. The number of nitrogens with one attached hydrogen (secondary N) is 1. The highest BCUT2D eigenvalue weighted by molar-refractivity contribution is 5.90. The van der Waals surface area contributed by atoms with Crippen LogP contribution in [-0.2, 0) is 11.2 Å². The molecule has 0 aliphatic carbocycles. The second kappa shape index (κ2) is 5.57. The molecule has 3 nitrogen and oxygen atoms in total. The van der Waals surface area contributed by atoms with E-state index in [4.69, 9.17) is 5.73 Å². The van der Waals surface area contributed by atoms with E-state index in [1.807, 2.05) is 37.3 Å². The smallest absolute Gasteiger partial charge is 0.221 e. The monoisotopic (exact) mass is 254 g/mol. The van der Waals surface area contributed by atoms with Gasteiger partial charge in [-0.25, -0.2) is 0 Å². The van der Waals surface area contributed by atoms with Crippen molar-refractivity contribution in [3.63, 3.8) is 0 Å². The van der Waals surface area contributed by atoms with E-state index in [0.29, 0.717) is 0 Å². The van der Waals surface area contributed by atoms with Gasteiger partial charge >= 0.3 is 0 Å². The summed E-state index contributed by atoms with van der Waals surface area (Å²) in [7, 11) is 0. The highest BCUT2D eigenvalue weighted by atomic mass is 16.1. The van der Waals surface area contributed by atoms with E-state index in [0.717, 1.165) is 28.9 Å². The first-order chi connectivity index (χ1) is 9.06. The van der Waals surface area contributed by atoms with E-state index in [-0.39, 0.29) is 5.91 Å². The second-order valence-electron chi connectivity index (χ2n) is 4.71. The van der Waals surface area contributed by atoms with Crippen molar-refractivity contribution in [2.24, 2.45) is 0 Å². The number of hydrogen-bond acceptors (Lipinski definition) is 2. The van der Waals surface area contributed by atoms with Gasteiger partial charge in [-0.2, -0.15) is 0 Å². The van der Waals surface area contributed by atoms with Crippen LogP contribution in [0.4, 0.5) is 11.4 Å². The number of nitrogen functional groups attached to an aromatic ring is 1. The third-order valence-electron chi connectivity index (χ3n) is 3.03. The molecule has 0 aliphatic heterocycles. The molecular weight excluding hydrogens is 236 g/mol. The molecule has 0 aliphatic rings. The SMILES string of the molecule is CC(=O)Nc1cc(Cc2ccccc2)c(N)cc1C. The quantitative estimate of drug-likeness (QED) is 0.827. The van der Waals surface area contributed by atoms with Crippen molar-refractivity contribution in [3.05, 3.63) is 59.2 Å². The van der Waals surface area contributed by atoms with Gasteiger partial charge in [0.2, 0.25) is 5.91 Å². The number of amides is 1. The molecule has 0 bridgehead atoms. The van der Waals surface area contributed by atoms with Gasteiger partial charge < -0.3 is 11.1 Å². The molecule has 19 heavy (non-hydrogen) atoms. The van der Waals surface area contributed by atoms with Crippen LogP contribution in [0.5, 0.6) is 0 Å². The summed E-state index contributed by atoms with van der Waals surface area (Å²) >= 11 is 0. The molecule has 98 valence electrons. The maximum absolute atomic E-state index is 11.2. The van der Waals surface area contributed by atoms with Crippen molar-refractivity contribution in [1.82, 2.24) is 0 Å². The molecule has 0 heterocycles. The summed E-state index contributed by atoms with van der Waals surface area (Å²) in [6.07, 6.45) is 0.763. The van der Waals surface area contributed by atoms with E-state index >= 15 is 0 Å². The maximum atomic E-state index is 11.2. The van der Waals surface area contributed by atoms with Crippen molar-refractivity contribution in [3.8, 4) is 0 Å². The first-order valence-corrected chi connectivity index (χ1v) is 6.27. The zero-order valence-corrected chi connectivity index (χ0v) is 11.2. The summed E-state index contributed by atoms with van der Waals surface area (Å²) in [4.78, 5) is 11.2. The molecule has 2 rings (SSSR count). The Morgan fingerprint density at radius 1 is 1.21 bits per heavy atom. The molecule has 0 radical (unpaired) electrons. The van der Waals surface area contributed by atoms with Gasteiger partial charge in [0.05, 0.1) is 0 Å². The molecule has 0 aromatic heterocycles. The van der Waals surface area contributed by atoms with Gasteiger partial charge in [-0.1, -0.05) is 30.3 Å². The van der Waals surface area contributed by atoms with Crippen LogP contribution >= 0.6 is 0 Å². The highest BCUT2D eigenvalue weighted by Gasteiger charge is 2.07. The molecule has 2 aromatic rings. The van der Waals surface area contributed by atoms with Crippen molar-refractivity contribution >= 4 is 17.3 Å². The minimum Gasteiger partial charge on any atom is -0.398 e. The molecule has 0 unspecified atom stereocenters. The Labute approximate surface area is 113 Å². The minimum absolute atomic E-state index is 0.0708. The lowest BCUT2D eigenvalue weighted by atomic mass is 10.0. The Balaban J connectivity index is 2.32. The molecular formula is C16H18N2O. The first kappa shape index (κ1) is 13.1. The van der Waals surface area contributed by atoms with Crippen molar-refractivity contribution in [2.45, 2.75) is 20.3 Å². The minimum atomic E-state index is -0.0708. The maximum Gasteiger partial charge on any atom is 0.221 e. The summed E-state index contributed by atoms with van der Waals surface area (Å²) in [5.41, 5.74) is 10.8. The number of hydrogen-bond donors (Lipinski definition) is 2. The Morgan fingerprint density at radius 2 is 1.89 bits per heavy atom. The van der Waals surface area contributed by atoms with Crippen molar-refractivity contribution < 1.29 is 4.79 Å². The Morgan fingerprint density at radius 3 is 2.53 bits per heavy atom. The molecule has 0 saturated heterocycles. The standard InChI is InChI=1S/C16H18N2O/c1-11-8-15(17)14(10-16(11)18-12(2)19)9-13-6-4-3-5-7-13/h3-8,10H,9,17H2,1-2H3,(H,18,19). The van der Waals surface area contributed by atoms with Crippen LogP contribution in [-0.4, -0.2) is 5.91 Å². The van der Waals surface area contributed by atoms with Crippen LogP contribution in [0.3, 0.4) is 0 Å². The lowest BCUT2D eigenvalue weighted by Crippen LogP contribution is -2.08. The lowest BCUT2D eigenvalue weighted by molar-refractivity contribution is -0.114. The predicted molar refractivity (Wildman–Crippen MR) is 79.1 cm³/mol. The third-order valence-corrected chi connectivity index (χ3v) is 3.03. The molecule has 0 spiro atoms. The fraction of sp³-hybridized carbons (Fsp3) is 0.188. The van der Waals surface area contributed by atoms with E-state index in [1.165, 1.54) is 12.5 Å². The van der Waals surface area contributed by atoms with Crippen LogP contribution in [0.15, 0.2) is 42.5 Å². The Bertz CT molecular complexity index is 591. The number of carbonyl (C=O) groups excluding carboxylic acids is 1. The van der Waals surface area contributed by atoms with Crippen LogP contribution < -0.4 is 11.1 Å². The van der Waals surface area contributed by atoms with E-state index < -0.39 is 0 Å². The molecule has 3 N–H and O–H groups in total. The van der Waals surface area contributed by atoms with Crippen LogP contribution in [0.2, 0.25) is 0 Å². The fourth-order valence-corrected chi connectivity index (χ4v) is 2.07. The summed E-state index contributed by atoms with van der Waals surface area (Å²) in [6, 6.07) is 14.0. The number of rotatable bonds is 3. The molecule has 3 heteroatoms. The van der Waals surface area contributed by atoms with Crippen molar-refractivity contribution in [2.75, 3.05) is 11.1 Å². The molecule has 0 atom stereocenters. The highest BCUT2D eigenvalue weighted by Crippen LogP contribution is 2.25. The Kier molecular flexibility index (Phi) is 3.85. The molecule has 0 fully saturated rings. The summed E-state index contributed by atoms with van der Waals surface area (Å²) in [5.74, 6) is -0.0708. The molecule has 1 amide bonds. The summed E-state index contributed by atoms with van der Waals surface area (Å²) < 4.78 is 0. The number of nitrogens with two attached hydrogens (primary N) is 1. The average molecular weight is 254 g/mol. The average Bonchev–Trinajstić information content (AvgIpc) is 2.36. The normalized spacial score (nSPS) is 10.2. The van der Waals surface area contributed by atoms with Crippen LogP contribution in [0, 0.1) is 6.92 Å². The Hall–Kier alpha value is -2.29. The zero-order valence-electron chi connectivity index (χ0n) is 11.2. The number of carbonyl (C=O) groups is 1. The molecule has 2 aromatic carbocycles. The van der Waals surface area contributed by atoms with Gasteiger partial charge in [0.15, 0.2) is 0 Å². The topological polar surface area (TPSA) is 55.1 Å². The predicted octanol–water partition coefficient (Wildman–Crippen LogP) is 3.13. The van der Waals surface area contributed by atoms with Gasteiger partial charge in [0.25, 0.3) is 0 Å². The van der Waals surface area contributed by atoms with Gasteiger partial charge in [-0.15, -0.1) is 0 Å². The van der Waals surface area contributed by atoms with Crippen LogP contribution in [0.25, 0.3) is 0 Å². The largest absolute Gasteiger partial charge is 0.398 e. The van der Waals surface area contributed by atoms with Gasteiger partial charge in [0, 0.05) is 18.3 Å². The van der Waals surface area contributed by atoms with E-state index in [2.05, 4.69) is 17.4 Å². The van der Waals surface area contributed by atoms with Crippen molar-refractivity contribution in [1.29, 1.82) is 0 Å². The number of benzene rings is 2. The number of anilines is 2. The summed E-state index contributed by atoms with van der Waals surface area (Å²) in [6.45, 7) is 3.45. The van der Waals surface area contributed by atoms with Crippen LogP contribution in [0.1, 0.15) is 23.6 Å². The summed E-state index contributed by atoms with van der Waals surface area (Å²) in [5, 5.41) is 2.83. The second-order valence-corrected chi connectivity index (χ2v) is 4.71. The van der Waals surface area contributed by atoms with Gasteiger partial charge in [0.1, 0.15) is 0 Å². The van der Waals surface area contributed by atoms with E-state index in [9.17, 15) is 4.79 Å². The van der Waals surface area contributed by atoms with E-state index in [1.54, 1.807) is 0 Å². The van der Waals surface area contributed by atoms with Gasteiger partial charge in [-0.05, 0) is 42.2 Å². The molecule has 0 saturated carbocycles. The third kappa shape index (κ3) is 3.35. The number of aryl methyl sites for hydroxylation is 1.